The molecule has 2 heterocycles. The lowest BCUT2D eigenvalue weighted by Crippen LogP contribution is -2.64. The van der Waals surface area contributed by atoms with Gasteiger partial charge >= 0.3 is 7.82 Å². The highest BCUT2D eigenvalue weighted by atomic mass is 31.2. The maximum atomic E-state index is 12.6. The van der Waals surface area contributed by atoms with E-state index in [1.165, 1.54) is 0 Å². The number of allylic oxidation sites excluding steroid dienone is 3. The molecule has 0 amide bonds. The summed E-state index contributed by atoms with van der Waals surface area (Å²) < 4.78 is 20.7. The Morgan fingerprint density at radius 3 is 2.67 bits per heavy atom. The zero-order chi connectivity index (χ0) is 19.6. The Morgan fingerprint density at radius 1 is 1.30 bits per heavy atom. The Hall–Kier alpha value is -1.44. The van der Waals surface area contributed by atoms with E-state index in [1.54, 1.807) is 13.2 Å². The molecule has 0 radical (unpaired) electrons. The number of nitrogens with zero attached hydrogens (tertiary/aromatic N) is 1. The summed E-state index contributed by atoms with van der Waals surface area (Å²) in [4.78, 5) is 36.6. The van der Waals surface area contributed by atoms with Crippen LogP contribution in [0.5, 0.6) is 0 Å². The van der Waals surface area contributed by atoms with Gasteiger partial charge in [0.05, 0.1) is 7.11 Å². The number of rotatable bonds is 1. The molecule has 148 valence electrons. The summed E-state index contributed by atoms with van der Waals surface area (Å²) in [5.74, 6) is 3.07. The highest BCUT2D eigenvalue weighted by Gasteiger charge is 2.69. The molecule has 0 aromatic rings. The zero-order valence-electron chi connectivity index (χ0n) is 15.2. The number of piperidine rings is 1. The number of ketones is 1. The van der Waals surface area contributed by atoms with Crippen molar-refractivity contribution in [2.45, 2.75) is 25.0 Å². The quantitative estimate of drug-likeness (QED) is 0.561. The molecule has 0 aromatic heterocycles. The SMILES string of the molecule is COC1=C2O[C@H]3C(=O)C=C[C@H]4[C@H]5CC(C=C1)C2[C@@]34CCN5C.O=P(O)(O)O. The van der Waals surface area contributed by atoms with Gasteiger partial charge in [0, 0.05) is 23.3 Å². The van der Waals surface area contributed by atoms with Crippen molar-refractivity contribution in [1.82, 2.24) is 4.90 Å². The number of ether oxygens (including phenoxy) is 2. The Kier molecular flexibility index (Phi) is 4.40. The fourth-order valence-electron chi connectivity index (χ4n) is 5.83. The molecule has 2 unspecified atom stereocenters. The third-order valence-corrected chi connectivity index (χ3v) is 6.72. The number of carbonyl (C=O) groups excluding carboxylic acids is 1. The first kappa shape index (κ1) is 18.9. The number of methoxy groups -OCH3 is 1. The van der Waals surface area contributed by atoms with E-state index in [1.807, 2.05) is 6.08 Å². The van der Waals surface area contributed by atoms with E-state index >= 15 is 0 Å². The number of phosphoric acid groups is 1. The molecule has 8 nitrogen and oxygen atoms in total. The second kappa shape index (κ2) is 6.29. The van der Waals surface area contributed by atoms with Crippen molar-refractivity contribution in [3.8, 4) is 0 Å². The van der Waals surface area contributed by atoms with Gasteiger partial charge in [0.25, 0.3) is 0 Å². The van der Waals surface area contributed by atoms with Gasteiger partial charge in [0.15, 0.2) is 17.6 Å². The van der Waals surface area contributed by atoms with Crippen molar-refractivity contribution in [1.29, 1.82) is 0 Å². The molecule has 2 bridgehead atoms. The minimum absolute atomic E-state index is 0.0597. The molecule has 2 aliphatic heterocycles. The van der Waals surface area contributed by atoms with Gasteiger partial charge in [0.2, 0.25) is 0 Å². The lowest BCUT2D eigenvalue weighted by atomic mass is 9.48. The van der Waals surface area contributed by atoms with Crippen LogP contribution in [0.2, 0.25) is 0 Å². The Morgan fingerprint density at radius 2 is 2.00 bits per heavy atom. The van der Waals surface area contributed by atoms with Crippen LogP contribution < -0.4 is 0 Å². The summed E-state index contributed by atoms with van der Waals surface area (Å²) in [5, 5.41) is 0. The van der Waals surface area contributed by atoms with Gasteiger partial charge in [-0.2, -0.15) is 0 Å². The van der Waals surface area contributed by atoms with Crippen LogP contribution in [0.4, 0.5) is 0 Å². The molecule has 1 saturated carbocycles. The van der Waals surface area contributed by atoms with Crippen LogP contribution in [0.15, 0.2) is 35.8 Å². The van der Waals surface area contributed by atoms with E-state index in [2.05, 4.69) is 24.1 Å². The largest absolute Gasteiger partial charge is 0.493 e. The van der Waals surface area contributed by atoms with E-state index in [0.29, 0.717) is 23.8 Å². The van der Waals surface area contributed by atoms with E-state index in [-0.39, 0.29) is 17.3 Å². The Balaban J connectivity index is 0.000000323. The summed E-state index contributed by atoms with van der Waals surface area (Å²) in [7, 11) is -0.732. The predicted molar refractivity (Wildman–Crippen MR) is 95.0 cm³/mol. The lowest BCUT2D eigenvalue weighted by molar-refractivity contribution is -0.140. The zero-order valence-corrected chi connectivity index (χ0v) is 16.1. The molecule has 3 fully saturated rings. The number of likely N-dealkylation sites (tertiary alicyclic amines) is 1. The number of carbonyl (C=O) groups is 1. The minimum Gasteiger partial charge on any atom is -0.493 e. The first-order chi connectivity index (χ1) is 12.7. The Labute approximate surface area is 157 Å². The average molecular weight is 397 g/mol. The summed E-state index contributed by atoms with van der Waals surface area (Å²) >= 11 is 0. The van der Waals surface area contributed by atoms with Crippen LogP contribution >= 0.6 is 7.82 Å². The van der Waals surface area contributed by atoms with Crippen LogP contribution in [-0.4, -0.2) is 58.2 Å². The highest BCUT2D eigenvalue weighted by molar-refractivity contribution is 7.45. The maximum Gasteiger partial charge on any atom is 0.466 e. The molecule has 5 rings (SSSR count). The number of hydrogen-bond acceptors (Lipinski definition) is 5. The van der Waals surface area contributed by atoms with E-state index < -0.39 is 7.82 Å². The molecule has 5 aliphatic rings. The highest BCUT2D eigenvalue weighted by Crippen LogP contribution is 2.66. The smallest absolute Gasteiger partial charge is 0.466 e. The Bertz CT molecular complexity index is 791. The molecular weight excluding hydrogens is 373 g/mol. The van der Waals surface area contributed by atoms with Crippen molar-refractivity contribution in [2.75, 3.05) is 20.7 Å². The summed E-state index contributed by atoms with van der Waals surface area (Å²) in [5.41, 5.74) is -0.0597. The van der Waals surface area contributed by atoms with Crippen molar-refractivity contribution in [2.24, 2.45) is 23.2 Å². The third-order valence-electron chi connectivity index (χ3n) is 6.72. The van der Waals surface area contributed by atoms with Crippen LogP contribution in [0.1, 0.15) is 12.8 Å². The summed E-state index contributed by atoms with van der Waals surface area (Å²) in [6, 6.07) is 0.513. The van der Waals surface area contributed by atoms with Crippen LogP contribution in [0.3, 0.4) is 0 Å². The molecule has 1 spiro atoms. The monoisotopic (exact) mass is 397 g/mol. The number of hydrogen-bond donors (Lipinski definition) is 3. The second-order valence-corrected chi connectivity index (χ2v) is 8.90. The van der Waals surface area contributed by atoms with Gasteiger partial charge in [-0.3, -0.25) is 4.79 Å². The molecule has 9 heteroatoms. The van der Waals surface area contributed by atoms with Gasteiger partial charge in [-0.15, -0.1) is 0 Å². The van der Waals surface area contributed by atoms with Crippen molar-refractivity contribution in [3.63, 3.8) is 0 Å². The fourth-order valence-corrected chi connectivity index (χ4v) is 5.83. The third kappa shape index (κ3) is 2.82. The second-order valence-electron chi connectivity index (χ2n) is 7.88. The van der Waals surface area contributed by atoms with Crippen LogP contribution in [0.25, 0.3) is 0 Å². The summed E-state index contributed by atoms with van der Waals surface area (Å²) in [6.45, 7) is 1.05. The van der Waals surface area contributed by atoms with E-state index in [4.69, 9.17) is 28.7 Å². The van der Waals surface area contributed by atoms with Crippen molar-refractivity contribution < 1.29 is 33.5 Å². The van der Waals surface area contributed by atoms with Crippen LogP contribution in [0, 0.1) is 23.2 Å². The molecule has 2 saturated heterocycles. The first-order valence-electron chi connectivity index (χ1n) is 9.00. The predicted octanol–water partition coefficient (Wildman–Crippen LogP) is 0.966. The molecule has 0 aromatic carbocycles. The molecule has 27 heavy (non-hydrogen) atoms. The van der Waals surface area contributed by atoms with E-state index in [9.17, 15) is 4.79 Å². The molecular formula is C18H24NO7P. The fraction of sp³-hybridized carbons (Fsp3) is 0.611. The van der Waals surface area contributed by atoms with Crippen molar-refractivity contribution in [3.05, 3.63) is 35.8 Å². The molecule has 3 N–H and O–H groups in total. The van der Waals surface area contributed by atoms with Gasteiger partial charge < -0.3 is 29.1 Å². The first-order valence-corrected chi connectivity index (χ1v) is 10.6. The molecule has 6 atom stereocenters. The normalized spacial score (nSPS) is 41.5. The lowest BCUT2D eigenvalue weighted by Gasteiger charge is -2.59. The van der Waals surface area contributed by atoms with Gasteiger partial charge in [-0.1, -0.05) is 12.2 Å². The van der Waals surface area contributed by atoms with Gasteiger partial charge in [-0.25, -0.2) is 4.57 Å². The van der Waals surface area contributed by atoms with Crippen molar-refractivity contribution >= 4 is 13.6 Å². The minimum atomic E-state index is -4.64. The average Bonchev–Trinajstić information content (AvgIpc) is 2.93. The van der Waals surface area contributed by atoms with E-state index in [0.717, 1.165) is 30.9 Å². The van der Waals surface area contributed by atoms with Gasteiger partial charge in [0.1, 0.15) is 5.76 Å². The molecule has 3 aliphatic carbocycles. The van der Waals surface area contributed by atoms with Gasteiger partial charge in [-0.05, 0) is 44.5 Å². The van der Waals surface area contributed by atoms with Crippen LogP contribution in [-0.2, 0) is 18.8 Å². The maximum absolute atomic E-state index is 12.6. The topological polar surface area (TPSA) is 117 Å². The summed E-state index contributed by atoms with van der Waals surface area (Å²) in [6.07, 6.45) is 10.1. The standard InChI is InChI=1S/C18H21NO3.H3O4P/c1-19-8-7-18-11-4-5-13(20)17(18)22-16-14(21-2)6-3-10(15(16)18)9-12(11)19;1-5(2,3)4/h3-6,10-12,15,17H,7-9H2,1-2H3;(H3,1,2,3,4)/t10?,11-,12+,15?,17-,18-;/m0./s1.